The van der Waals surface area contributed by atoms with Crippen molar-refractivity contribution < 1.29 is 17.9 Å². The van der Waals surface area contributed by atoms with Crippen LogP contribution in [0.3, 0.4) is 0 Å². The molecule has 0 aromatic carbocycles. The molecule has 1 aliphatic rings. The standard InChI is InChI=1S/C16H32N4O4S.HI/c1-6-17-15(18-12-16(3,4)19-25(5,22)23)20-10-8-13(9-11-20)14(21)24-7-2;/h13,19H,6-12H2,1-5H3,(H,17,18);1H. The number of halogens is 1. The van der Waals surface area contributed by atoms with Crippen molar-refractivity contribution in [1.82, 2.24) is 14.9 Å². The molecule has 10 heteroatoms. The zero-order valence-corrected chi connectivity index (χ0v) is 19.5. The highest BCUT2D eigenvalue weighted by Gasteiger charge is 2.28. The van der Waals surface area contributed by atoms with Gasteiger partial charge in [-0.05, 0) is 40.5 Å². The molecule has 0 aromatic heterocycles. The lowest BCUT2D eigenvalue weighted by Crippen LogP contribution is -2.49. The van der Waals surface area contributed by atoms with Gasteiger partial charge >= 0.3 is 5.97 Å². The van der Waals surface area contributed by atoms with Crippen molar-refractivity contribution in [2.24, 2.45) is 10.9 Å². The monoisotopic (exact) mass is 504 g/mol. The van der Waals surface area contributed by atoms with E-state index in [4.69, 9.17) is 4.74 Å². The summed E-state index contributed by atoms with van der Waals surface area (Å²) in [5.74, 6) is 0.568. The number of esters is 1. The second-order valence-corrected chi connectivity index (χ2v) is 8.69. The SMILES string of the molecule is CCNC(=NCC(C)(C)NS(C)(=O)=O)N1CCC(C(=O)OCC)CC1.I. The first-order valence-electron chi connectivity index (χ1n) is 8.77. The number of hydrogen-bond acceptors (Lipinski definition) is 5. The average molecular weight is 504 g/mol. The fourth-order valence-electron chi connectivity index (χ4n) is 2.82. The lowest BCUT2D eigenvalue weighted by molar-refractivity contribution is -0.149. The van der Waals surface area contributed by atoms with Crippen LogP contribution in [0.1, 0.15) is 40.5 Å². The van der Waals surface area contributed by atoms with Gasteiger partial charge < -0.3 is 15.0 Å². The summed E-state index contributed by atoms with van der Waals surface area (Å²) in [5, 5.41) is 3.24. The Balaban J connectivity index is 0.00000625. The Labute approximate surface area is 174 Å². The second kappa shape index (κ2) is 11.3. The Kier molecular flexibility index (Phi) is 11.0. The summed E-state index contributed by atoms with van der Waals surface area (Å²) in [5.41, 5.74) is -0.669. The quantitative estimate of drug-likeness (QED) is 0.234. The number of likely N-dealkylation sites (tertiary alicyclic amines) is 1. The minimum Gasteiger partial charge on any atom is -0.466 e. The number of carbonyl (C=O) groups excluding carboxylic acids is 1. The molecule has 1 saturated heterocycles. The van der Waals surface area contributed by atoms with Crippen molar-refractivity contribution in [2.45, 2.75) is 46.1 Å². The maximum atomic E-state index is 11.8. The summed E-state index contributed by atoms with van der Waals surface area (Å²) in [4.78, 5) is 18.5. The van der Waals surface area contributed by atoms with E-state index in [-0.39, 0.29) is 35.9 Å². The first-order chi connectivity index (χ1) is 11.6. The first kappa shape index (κ1) is 25.4. The maximum absolute atomic E-state index is 11.8. The third-order valence-electron chi connectivity index (χ3n) is 3.84. The predicted octanol–water partition coefficient (Wildman–Crippen LogP) is 1.17. The van der Waals surface area contributed by atoms with Crippen LogP contribution in [0.4, 0.5) is 0 Å². The maximum Gasteiger partial charge on any atom is 0.309 e. The normalized spacial score (nSPS) is 16.8. The molecule has 1 heterocycles. The van der Waals surface area contributed by atoms with Crippen LogP contribution in [0.25, 0.3) is 0 Å². The number of nitrogens with one attached hydrogen (secondary N) is 2. The first-order valence-corrected chi connectivity index (χ1v) is 10.7. The number of sulfonamides is 1. The number of rotatable bonds is 7. The van der Waals surface area contributed by atoms with Crippen molar-refractivity contribution in [3.05, 3.63) is 0 Å². The highest BCUT2D eigenvalue weighted by molar-refractivity contribution is 14.0. The topological polar surface area (TPSA) is 100 Å². The smallest absolute Gasteiger partial charge is 0.309 e. The van der Waals surface area contributed by atoms with Gasteiger partial charge in [-0.3, -0.25) is 9.79 Å². The molecule has 0 atom stereocenters. The summed E-state index contributed by atoms with van der Waals surface area (Å²) in [7, 11) is -3.29. The molecule has 1 fully saturated rings. The van der Waals surface area contributed by atoms with E-state index in [9.17, 15) is 13.2 Å². The van der Waals surface area contributed by atoms with Crippen LogP contribution in [-0.2, 0) is 19.6 Å². The summed E-state index contributed by atoms with van der Waals surface area (Å²) in [6, 6.07) is 0. The third kappa shape index (κ3) is 9.36. The number of hydrogen-bond donors (Lipinski definition) is 2. The molecule has 154 valence electrons. The van der Waals surface area contributed by atoms with Crippen LogP contribution in [-0.4, -0.2) is 69.8 Å². The molecule has 0 unspecified atom stereocenters. The van der Waals surface area contributed by atoms with E-state index in [0.29, 0.717) is 13.2 Å². The minimum atomic E-state index is -3.29. The number of piperidine rings is 1. The third-order valence-corrected chi connectivity index (χ3v) is 4.76. The Morgan fingerprint density at radius 2 is 1.85 bits per heavy atom. The lowest BCUT2D eigenvalue weighted by atomic mass is 9.97. The van der Waals surface area contributed by atoms with Crippen molar-refractivity contribution in [3.8, 4) is 0 Å². The van der Waals surface area contributed by atoms with Crippen LogP contribution in [0.5, 0.6) is 0 Å². The molecular weight excluding hydrogens is 471 g/mol. The van der Waals surface area contributed by atoms with Gasteiger partial charge in [0, 0.05) is 25.2 Å². The van der Waals surface area contributed by atoms with Crippen LogP contribution >= 0.6 is 24.0 Å². The molecule has 0 aromatic rings. The number of carbonyl (C=O) groups is 1. The molecule has 0 radical (unpaired) electrons. The molecule has 0 bridgehead atoms. The summed E-state index contributed by atoms with van der Waals surface area (Å²) in [6.07, 6.45) is 2.60. The molecule has 26 heavy (non-hydrogen) atoms. The van der Waals surface area contributed by atoms with E-state index < -0.39 is 15.6 Å². The predicted molar refractivity (Wildman–Crippen MR) is 114 cm³/mol. The van der Waals surface area contributed by atoms with Gasteiger partial charge in [0.15, 0.2) is 5.96 Å². The fraction of sp³-hybridized carbons (Fsp3) is 0.875. The summed E-state index contributed by atoms with van der Waals surface area (Å²) >= 11 is 0. The molecule has 8 nitrogen and oxygen atoms in total. The Hall–Kier alpha value is -0.620. The number of nitrogens with zero attached hydrogens (tertiary/aromatic N) is 2. The van der Waals surface area contributed by atoms with E-state index in [2.05, 4.69) is 19.9 Å². The van der Waals surface area contributed by atoms with Gasteiger partial charge in [0.05, 0.1) is 25.3 Å². The van der Waals surface area contributed by atoms with Crippen LogP contribution in [0.15, 0.2) is 4.99 Å². The van der Waals surface area contributed by atoms with Crippen molar-refractivity contribution in [3.63, 3.8) is 0 Å². The lowest BCUT2D eigenvalue weighted by Gasteiger charge is -2.34. The van der Waals surface area contributed by atoms with Gasteiger partial charge in [0.1, 0.15) is 0 Å². The van der Waals surface area contributed by atoms with E-state index in [1.165, 1.54) is 0 Å². The van der Waals surface area contributed by atoms with Gasteiger partial charge in [-0.2, -0.15) is 0 Å². The Morgan fingerprint density at radius 3 is 2.31 bits per heavy atom. The molecular formula is C16H33IN4O4S. The van der Waals surface area contributed by atoms with E-state index in [1.54, 1.807) is 13.8 Å². The van der Waals surface area contributed by atoms with Crippen LogP contribution in [0, 0.1) is 5.92 Å². The average Bonchev–Trinajstić information content (AvgIpc) is 2.49. The van der Waals surface area contributed by atoms with E-state index in [1.807, 2.05) is 13.8 Å². The van der Waals surface area contributed by atoms with Gasteiger partial charge in [-0.1, -0.05) is 0 Å². The molecule has 1 aliphatic heterocycles. The van der Waals surface area contributed by atoms with Crippen LogP contribution < -0.4 is 10.0 Å². The summed E-state index contributed by atoms with van der Waals surface area (Å²) < 4.78 is 30.6. The van der Waals surface area contributed by atoms with E-state index in [0.717, 1.165) is 44.7 Å². The highest BCUT2D eigenvalue weighted by Crippen LogP contribution is 2.19. The summed E-state index contributed by atoms with van der Waals surface area (Å²) in [6.45, 7) is 10.3. The Morgan fingerprint density at radius 1 is 1.27 bits per heavy atom. The van der Waals surface area contributed by atoms with Crippen molar-refractivity contribution in [2.75, 3.05) is 39.0 Å². The van der Waals surface area contributed by atoms with E-state index >= 15 is 0 Å². The van der Waals surface area contributed by atoms with Gasteiger partial charge in [0.25, 0.3) is 0 Å². The minimum absolute atomic E-state index is 0. The zero-order chi connectivity index (χ0) is 19.1. The second-order valence-electron chi connectivity index (χ2n) is 6.94. The largest absolute Gasteiger partial charge is 0.466 e. The Bertz CT molecular complexity index is 573. The number of aliphatic imine (C=N–C) groups is 1. The van der Waals surface area contributed by atoms with Crippen LogP contribution in [0.2, 0.25) is 0 Å². The number of guanidine groups is 1. The molecule has 1 rings (SSSR count). The fourth-order valence-corrected chi connectivity index (χ4v) is 3.89. The number of ether oxygens (including phenoxy) is 1. The van der Waals surface area contributed by atoms with Gasteiger partial charge in [0.2, 0.25) is 10.0 Å². The van der Waals surface area contributed by atoms with Gasteiger partial charge in [-0.15, -0.1) is 24.0 Å². The van der Waals surface area contributed by atoms with Gasteiger partial charge in [-0.25, -0.2) is 13.1 Å². The van der Waals surface area contributed by atoms with Crippen molar-refractivity contribution >= 4 is 45.9 Å². The molecule has 0 amide bonds. The van der Waals surface area contributed by atoms with Crippen molar-refractivity contribution in [1.29, 1.82) is 0 Å². The molecule has 0 spiro atoms. The molecule has 0 saturated carbocycles. The molecule has 0 aliphatic carbocycles. The molecule has 2 N–H and O–H groups in total. The zero-order valence-electron chi connectivity index (χ0n) is 16.4. The highest BCUT2D eigenvalue weighted by atomic mass is 127.